The molecule has 9 nitrogen and oxygen atoms in total. The molecule has 0 radical (unpaired) electrons. The Balaban J connectivity index is 1.33. The number of nitrogens with zero attached hydrogens (tertiary/aromatic N) is 7. The van der Waals surface area contributed by atoms with Crippen LogP contribution < -0.4 is 4.90 Å². The van der Waals surface area contributed by atoms with Crippen molar-refractivity contribution in [3.05, 3.63) is 69.7 Å². The van der Waals surface area contributed by atoms with Gasteiger partial charge in [0.1, 0.15) is 5.82 Å². The third-order valence-electron chi connectivity index (χ3n) is 8.72. The number of hydrogen-bond donors (Lipinski definition) is 0. The summed E-state index contributed by atoms with van der Waals surface area (Å²) in [7, 11) is 2.84. The van der Waals surface area contributed by atoms with Crippen LogP contribution in [0.15, 0.2) is 46.9 Å². The van der Waals surface area contributed by atoms with E-state index in [-0.39, 0.29) is 42.0 Å². The van der Waals surface area contributed by atoms with Crippen LogP contribution >= 0.6 is 15.9 Å². The summed E-state index contributed by atoms with van der Waals surface area (Å²) in [6.45, 7) is 0.269. The molecule has 1 aliphatic heterocycles. The van der Waals surface area contributed by atoms with Crippen LogP contribution in [0.2, 0.25) is 0 Å². The predicted molar refractivity (Wildman–Crippen MR) is 154 cm³/mol. The summed E-state index contributed by atoms with van der Waals surface area (Å²) < 4.78 is 95.0. The topological polar surface area (TPSA) is 87.5 Å². The van der Waals surface area contributed by atoms with Gasteiger partial charge in [0.15, 0.2) is 0 Å². The second kappa shape index (κ2) is 12.8. The number of likely N-dealkylation sites (N-methyl/N-ethyl adjacent to an activating group) is 1. The molecule has 248 valence electrons. The maximum atomic E-state index is 13.8. The Labute approximate surface area is 267 Å². The van der Waals surface area contributed by atoms with E-state index >= 15 is 0 Å². The van der Waals surface area contributed by atoms with Crippen molar-refractivity contribution in [2.45, 2.75) is 56.0 Å². The van der Waals surface area contributed by atoms with Crippen LogP contribution in [-0.4, -0.2) is 75.2 Å². The number of urea groups is 1. The molecule has 0 spiro atoms. The van der Waals surface area contributed by atoms with Crippen molar-refractivity contribution in [1.29, 1.82) is 0 Å². The Morgan fingerprint density at radius 3 is 2.17 bits per heavy atom. The van der Waals surface area contributed by atoms with Gasteiger partial charge in [-0.15, -0.1) is 5.10 Å². The normalized spacial score (nSPS) is 22.2. The highest BCUT2D eigenvalue weighted by atomic mass is 79.9. The predicted octanol–water partition coefficient (Wildman–Crippen LogP) is 6.53. The van der Waals surface area contributed by atoms with E-state index in [0.717, 1.165) is 21.7 Å². The number of likely N-dealkylation sites (tertiary alicyclic amines) is 1. The number of tetrazole rings is 1. The first-order valence-corrected chi connectivity index (χ1v) is 15.1. The van der Waals surface area contributed by atoms with E-state index in [9.17, 15) is 40.3 Å². The van der Waals surface area contributed by atoms with Gasteiger partial charge in [0.05, 0.1) is 17.6 Å². The molecule has 0 bridgehead atoms. The van der Waals surface area contributed by atoms with Crippen LogP contribution in [0, 0.1) is 11.7 Å². The van der Waals surface area contributed by atoms with E-state index < -0.39 is 59.5 Å². The lowest BCUT2D eigenvalue weighted by Gasteiger charge is -2.33. The van der Waals surface area contributed by atoms with Gasteiger partial charge in [-0.2, -0.15) is 26.3 Å². The zero-order chi connectivity index (χ0) is 33.6. The number of aromatic nitrogens is 4. The number of halogens is 8. The zero-order valence-electron chi connectivity index (χ0n) is 24.6. The van der Waals surface area contributed by atoms with Crippen molar-refractivity contribution in [3.8, 4) is 0 Å². The average Bonchev–Trinajstić information content (AvgIpc) is 3.68. The van der Waals surface area contributed by atoms with Gasteiger partial charge >= 0.3 is 18.4 Å². The zero-order valence-corrected chi connectivity index (χ0v) is 26.2. The Bertz CT molecular complexity index is 1570. The second-order valence-corrected chi connectivity index (χ2v) is 12.5. The summed E-state index contributed by atoms with van der Waals surface area (Å²) in [5.41, 5.74) is -0.283. The molecular weight excluding hydrogens is 691 g/mol. The first kappa shape index (κ1) is 33.6. The minimum absolute atomic E-state index is 0.00386. The number of hydrogen-bond acceptors (Lipinski definition) is 5. The molecule has 17 heteroatoms. The minimum atomic E-state index is -4.72. The van der Waals surface area contributed by atoms with Crippen LogP contribution in [0.3, 0.4) is 0 Å². The number of anilines is 1. The molecule has 1 aliphatic carbocycles. The highest BCUT2D eigenvalue weighted by molar-refractivity contribution is 9.10. The van der Waals surface area contributed by atoms with Gasteiger partial charge in [-0.05, 0) is 72.0 Å². The van der Waals surface area contributed by atoms with Gasteiger partial charge in [-0.25, -0.2) is 13.9 Å². The monoisotopic (exact) mass is 719 g/mol. The van der Waals surface area contributed by atoms with E-state index in [1.807, 2.05) is 0 Å². The molecule has 1 aromatic heterocycles. The molecule has 0 N–H and O–H groups in total. The molecular formula is C29H29BrF7N7O2. The number of carbonyl (C=O) groups excluding carboxylic acids is 2. The fourth-order valence-electron chi connectivity index (χ4n) is 6.27. The van der Waals surface area contributed by atoms with Crippen molar-refractivity contribution in [2.75, 3.05) is 32.1 Å². The van der Waals surface area contributed by atoms with Crippen LogP contribution in [0.4, 0.5) is 41.2 Å². The fourth-order valence-corrected chi connectivity index (χ4v) is 6.75. The van der Waals surface area contributed by atoms with Gasteiger partial charge in [0, 0.05) is 49.2 Å². The molecule has 1 saturated carbocycles. The second-order valence-electron chi connectivity index (χ2n) is 11.6. The Morgan fingerprint density at radius 2 is 1.57 bits per heavy atom. The number of benzene rings is 2. The van der Waals surface area contributed by atoms with E-state index in [0.29, 0.717) is 18.4 Å². The highest BCUT2D eigenvalue weighted by Crippen LogP contribution is 2.39. The number of amides is 3. The van der Waals surface area contributed by atoms with Crippen molar-refractivity contribution < 1.29 is 40.3 Å². The van der Waals surface area contributed by atoms with Crippen molar-refractivity contribution in [3.63, 3.8) is 0 Å². The molecule has 3 amide bonds. The van der Waals surface area contributed by atoms with Crippen LogP contribution in [0.25, 0.3) is 0 Å². The van der Waals surface area contributed by atoms with Gasteiger partial charge < -0.3 is 9.80 Å². The molecule has 46 heavy (non-hydrogen) atoms. The molecule has 3 aromatic rings. The molecule has 2 aliphatic rings. The fraction of sp³-hybridized carbons (Fsp3) is 0.483. The third-order valence-corrected chi connectivity index (χ3v) is 9.18. The smallest absolute Gasteiger partial charge is 0.340 e. The summed E-state index contributed by atoms with van der Waals surface area (Å²) in [5.74, 6) is -2.83. The maximum absolute atomic E-state index is 13.8. The number of carbonyl (C=O) groups is 2. The van der Waals surface area contributed by atoms with E-state index in [1.54, 1.807) is 17.0 Å². The lowest BCUT2D eigenvalue weighted by atomic mass is 9.85. The van der Waals surface area contributed by atoms with Gasteiger partial charge in [-0.1, -0.05) is 28.1 Å². The Hall–Kier alpha value is -3.76. The molecule has 2 heterocycles. The lowest BCUT2D eigenvalue weighted by Crippen LogP contribution is -2.48. The molecule has 5 rings (SSSR count). The molecule has 2 unspecified atom stereocenters. The van der Waals surface area contributed by atoms with Crippen molar-refractivity contribution in [2.24, 2.45) is 5.92 Å². The minimum Gasteiger partial charge on any atom is -0.340 e. The quantitative estimate of drug-likeness (QED) is 0.280. The van der Waals surface area contributed by atoms with Crippen molar-refractivity contribution >= 4 is 33.6 Å². The molecule has 2 fully saturated rings. The Morgan fingerprint density at radius 1 is 0.913 bits per heavy atom. The summed E-state index contributed by atoms with van der Waals surface area (Å²) in [5, 5.41) is 9.79. The first-order chi connectivity index (χ1) is 21.5. The SMILES string of the molecule is CN(C(=O)N(C)C1CN(C(=O)C2CCC(n3nnnc3C(F)(F)F)CC2)CC1c1ccc(F)cc1)c1cc(Br)cc(C(F)(F)F)c1. The molecule has 2 aromatic carbocycles. The summed E-state index contributed by atoms with van der Waals surface area (Å²) in [4.78, 5) is 31.4. The van der Waals surface area contributed by atoms with E-state index in [1.165, 1.54) is 37.2 Å². The Kier molecular flexibility index (Phi) is 9.35. The first-order valence-electron chi connectivity index (χ1n) is 14.3. The highest BCUT2D eigenvalue weighted by Gasteiger charge is 2.44. The van der Waals surface area contributed by atoms with Crippen LogP contribution in [0.1, 0.15) is 54.6 Å². The van der Waals surface area contributed by atoms with Gasteiger partial charge in [-0.3, -0.25) is 9.69 Å². The van der Waals surface area contributed by atoms with Crippen LogP contribution in [-0.2, 0) is 17.1 Å². The third kappa shape index (κ3) is 6.98. The lowest BCUT2D eigenvalue weighted by molar-refractivity contribution is -0.149. The summed E-state index contributed by atoms with van der Waals surface area (Å²) in [6.07, 6.45) is -8.26. The van der Waals surface area contributed by atoms with Crippen molar-refractivity contribution in [1.82, 2.24) is 30.0 Å². The molecule has 1 saturated heterocycles. The summed E-state index contributed by atoms with van der Waals surface area (Å²) >= 11 is 3.07. The van der Waals surface area contributed by atoms with Crippen LogP contribution in [0.5, 0.6) is 0 Å². The maximum Gasteiger partial charge on any atom is 0.453 e. The number of rotatable bonds is 5. The van der Waals surface area contributed by atoms with E-state index in [4.69, 9.17) is 0 Å². The van der Waals surface area contributed by atoms with E-state index in [2.05, 4.69) is 31.5 Å². The summed E-state index contributed by atoms with van der Waals surface area (Å²) in [6, 6.07) is 6.93. The number of alkyl halides is 6. The molecule has 2 atom stereocenters. The largest absolute Gasteiger partial charge is 0.453 e. The van der Waals surface area contributed by atoms with Gasteiger partial charge in [0.2, 0.25) is 5.91 Å². The van der Waals surface area contributed by atoms with Gasteiger partial charge in [0.25, 0.3) is 5.82 Å². The standard InChI is InChI=1S/C29H29BrF7N7O2/c1-41(22-12-18(28(32,33)34)11-19(30)13-22)27(46)42(2)24-15-43(14-23(24)16-3-7-20(31)8-4-16)25(45)17-5-9-21(10-6-17)44-26(29(35,36)37)38-39-40-44/h3-4,7-8,11-13,17,21,23-24H,5-6,9-10,14-15H2,1-2H3. The average molecular weight is 720 g/mol.